The smallest absolute Gasteiger partial charge is 0.241 e. The number of nitrogens with zero attached hydrogens (tertiary/aromatic N) is 2. The van der Waals surface area contributed by atoms with Crippen LogP contribution in [0.15, 0.2) is 72.8 Å². The number of rotatable bonds is 3. The van der Waals surface area contributed by atoms with Crippen LogP contribution in [0.5, 0.6) is 0 Å². The number of thiazole rings is 1. The lowest BCUT2D eigenvalue weighted by Crippen LogP contribution is -2.29. The molecule has 1 aromatic heterocycles. The van der Waals surface area contributed by atoms with Crippen LogP contribution >= 0.6 is 11.3 Å². The van der Waals surface area contributed by atoms with Crippen LogP contribution < -0.4 is 4.90 Å². The van der Waals surface area contributed by atoms with E-state index < -0.39 is 5.92 Å². The van der Waals surface area contributed by atoms with Gasteiger partial charge in [0, 0.05) is 12.0 Å². The molecule has 0 radical (unpaired) electrons. The van der Waals surface area contributed by atoms with Crippen molar-refractivity contribution in [2.45, 2.75) is 19.3 Å². The number of amides is 2. The van der Waals surface area contributed by atoms with Gasteiger partial charge in [-0.15, -0.1) is 11.3 Å². The molecular weight excluding hydrogens is 380 g/mol. The molecule has 1 aliphatic heterocycles. The van der Waals surface area contributed by atoms with Crippen LogP contribution in [0.2, 0.25) is 0 Å². The second kappa shape index (κ2) is 6.94. The highest BCUT2D eigenvalue weighted by Crippen LogP contribution is 2.35. The Balaban J connectivity index is 1.43. The molecule has 4 aromatic rings. The van der Waals surface area contributed by atoms with Gasteiger partial charge in [-0.3, -0.25) is 14.5 Å². The number of aromatic nitrogens is 1. The topological polar surface area (TPSA) is 50.3 Å². The third-order valence-corrected chi connectivity index (χ3v) is 6.33. The Morgan fingerprint density at radius 2 is 1.72 bits per heavy atom. The zero-order valence-corrected chi connectivity index (χ0v) is 16.6. The largest absolute Gasteiger partial charge is 0.274 e. The Bertz CT molecular complexity index is 1230. The fourth-order valence-electron chi connectivity index (χ4n) is 3.76. The average molecular weight is 398 g/mol. The molecule has 29 heavy (non-hydrogen) atoms. The maximum absolute atomic E-state index is 12.9. The van der Waals surface area contributed by atoms with E-state index in [1.54, 1.807) is 11.3 Å². The first-order valence-corrected chi connectivity index (χ1v) is 10.3. The van der Waals surface area contributed by atoms with Crippen molar-refractivity contribution >= 4 is 39.1 Å². The number of aryl methyl sites for hydroxylation is 1. The summed E-state index contributed by atoms with van der Waals surface area (Å²) >= 11 is 1.64. The third kappa shape index (κ3) is 3.13. The first-order chi connectivity index (χ1) is 14.1. The number of carbonyl (C=O) groups excluding carboxylic acids is 2. The van der Waals surface area contributed by atoms with Gasteiger partial charge in [0.1, 0.15) is 5.01 Å². The predicted molar refractivity (Wildman–Crippen MR) is 116 cm³/mol. The molecule has 0 unspecified atom stereocenters. The number of anilines is 1. The van der Waals surface area contributed by atoms with Gasteiger partial charge in [-0.05, 0) is 54.4 Å². The summed E-state index contributed by atoms with van der Waals surface area (Å²) < 4.78 is 1.15. The van der Waals surface area contributed by atoms with Crippen molar-refractivity contribution in [2.24, 2.45) is 0 Å². The Kier molecular flexibility index (Phi) is 4.25. The van der Waals surface area contributed by atoms with Crippen LogP contribution in [-0.4, -0.2) is 16.8 Å². The van der Waals surface area contributed by atoms with Gasteiger partial charge in [0.15, 0.2) is 0 Å². The Hall–Kier alpha value is -3.31. The highest BCUT2D eigenvalue weighted by molar-refractivity contribution is 7.21. The molecule has 0 N–H and O–H groups in total. The monoisotopic (exact) mass is 398 g/mol. The van der Waals surface area contributed by atoms with Gasteiger partial charge >= 0.3 is 0 Å². The molecule has 2 heterocycles. The van der Waals surface area contributed by atoms with E-state index in [1.807, 2.05) is 60.7 Å². The second-order valence-electron chi connectivity index (χ2n) is 7.27. The van der Waals surface area contributed by atoms with E-state index in [0.717, 1.165) is 26.4 Å². The molecule has 1 fully saturated rings. The van der Waals surface area contributed by atoms with Gasteiger partial charge in [-0.1, -0.05) is 36.4 Å². The number of fused-ring (bicyclic) bond motifs is 1. The fourth-order valence-corrected chi connectivity index (χ4v) is 4.83. The Morgan fingerprint density at radius 3 is 2.48 bits per heavy atom. The van der Waals surface area contributed by atoms with E-state index in [4.69, 9.17) is 4.98 Å². The summed E-state index contributed by atoms with van der Waals surface area (Å²) in [6.07, 6.45) is 0.210. The quantitative estimate of drug-likeness (QED) is 0.439. The first-order valence-electron chi connectivity index (χ1n) is 9.49. The summed E-state index contributed by atoms with van der Waals surface area (Å²) in [4.78, 5) is 31.5. The molecule has 1 atom stereocenters. The number of carbonyl (C=O) groups is 2. The highest BCUT2D eigenvalue weighted by atomic mass is 32.1. The average Bonchev–Trinajstić information content (AvgIpc) is 3.29. The Morgan fingerprint density at radius 1 is 0.966 bits per heavy atom. The van der Waals surface area contributed by atoms with Crippen molar-refractivity contribution in [2.75, 3.05) is 4.90 Å². The minimum atomic E-state index is -0.407. The molecule has 142 valence electrons. The van der Waals surface area contributed by atoms with Crippen LogP contribution in [-0.2, 0) is 9.59 Å². The fraction of sp³-hybridized carbons (Fsp3) is 0.125. The molecule has 2 amide bonds. The minimum Gasteiger partial charge on any atom is -0.274 e. The summed E-state index contributed by atoms with van der Waals surface area (Å²) in [5.41, 5.74) is 4.66. The molecular formula is C24H18N2O2S. The lowest BCUT2D eigenvalue weighted by molar-refractivity contribution is -0.121. The third-order valence-electron chi connectivity index (χ3n) is 5.26. The zero-order chi connectivity index (χ0) is 20.0. The normalized spacial score (nSPS) is 16.7. The highest BCUT2D eigenvalue weighted by Gasteiger charge is 2.40. The summed E-state index contributed by atoms with van der Waals surface area (Å²) in [6, 6.07) is 23.2. The number of hydrogen-bond donors (Lipinski definition) is 0. The van der Waals surface area contributed by atoms with E-state index >= 15 is 0 Å². The van der Waals surface area contributed by atoms with Gasteiger partial charge in [0.05, 0.1) is 21.8 Å². The van der Waals surface area contributed by atoms with Crippen molar-refractivity contribution in [3.8, 4) is 10.6 Å². The van der Waals surface area contributed by atoms with Gasteiger partial charge in [-0.2, -0.15) is 0 Å². The van der Waals surface area contributed by atoms with Gasteiger partial charge in [0.2, 0.25) is 11.8 Å². The molecule has 4 nitrogen and oxygen atoms in total. The number of hydrogen-bond acceptors (Lipinski definition) is 4. The van der Waals surface area contributed by atoms with Crippen LogP contribution in [0.4, 0.5) is 5.69 Å². The summed E-state index contributed by atoms with van der Waals surface area (Å²) in [5.74, 6) is -0.729. The SMILES string of the molecule is Cc1ccc2nc(-c3ccc(N4C(=O)C[C@H](c5ccccc5)C4=O)cc3)sc2c1. The lowest BCUT2D eigenvalue weighted by Gasteiger charge is -2.15. The molecule has 5 heteroatoms. The maximum Gasteiger partial charge on any atom is 0.241 e. The van der Waals surface area contributed by atoms with E-state index in [-0.39, 0.29) is 18.2 Å². The van der Waals surface area contributed by atoms with Gasteiger partial charge in [-0.25, -0.2) is 4.98 Å². The molecule has 3 aromatic carbocycles. The van der Waals surface area contributed by atoms with Crippen LogP contribution in [0.25, 0.3) is 20.8 Å². The summed E-state index contributed by atoms with van der Waals surface area (Å²) in [5, 5.41) is 0.929. The van der Waals surface area contributed by atoms with Crippen molar-refractivity contribution in [3.63, 3.8) is 0 Å². The van der Waals surface area contributed by atoms with E-state index in [0.29, 0.717) is 5.69 Å². The molecule has 1 aliphatic rings. The summed E-state index contributed by atoms with van der Waals surface area (Å²) in [6.45, 7) is 2.07. The molecule has 1 saturated heterocycles. The van der Waals surface area contributed by atoms with Crippen LogP contribution in [0, 0.1) is 6.92 Å². The van der Waals surface area contributed by atoms with E-state index in [2.05, 4.69) is 19.1 Å². The lowest BCUT2D eigenvalue weighted by atomic mass is 9.98. The minimum absolute atomic E-state index is 0.160. The molecule has 0 aliphatic carbocycles. The van der Waals surface area contributed by atoms with Crippen LogP contribution in [0.1, 0.15) is 23.5 Å². The van der Waals surface area contributed by atoms with Gasteiger partial charge in [0.25, 0.3) is 0 Å². The molecule has 5 rings (SSSR count). The second-order valence-corrected chi connectivity index (χ2v) is 8.30. The summed E-state index contributed by atoms with van der Waals surface area (Å²) in [7, 11) is 0. The zero-order valence-electron chi connectivity index (χ0n) is 15.8. The van der Waals surface area contributed by atoms with Crippen molar-refractivity contribution in [3.05, 3.63) is 83.9 Å². The van der Waals surface area contributed by atoms with Crippen molar-refractivity contribution in [1.29, 1.82) is 0 Å². The van der Waals surface area contributed by atoms with Crippen LogP contribution in [0.3, 0.4) is 0 Å². The first kappa shape index (κ1) is 17.8. The van der Waals surface area contributed by atoms with E-state index in [9.17, 15) is 9.59 Å². The van der Waals surface area contributed by atoms with Crippen molar-refractivity contribution < 1.29 is 9.59 Å². The molecule has 0 bridgehead atoms. The molecule has 0 spiro atoms. The Labute approximate surface area is 172 Å². The van der Waals surface area contributed by atoms with Crippen molar-refractivity contribution in [1.82, 2.24) is 4.98 Å². The van der Waals surface area contributed by atoms with E-state index in [1.165, 1.54) is 10.5 Å². The van der Waals surface area contributed by atoms with Gasteiger partial charge < -0.3 is 0 Å². The maximum atomic E-state index is 12.9. The predicted octanol–water partition coefficient (Wildman–Crippen LogP) is 5.32. The standard InChI is InChI=1S/C24H18N2O2S/c1-15-7-12-20-21(13-15)29-23(25-20)17-8-10-18(11-9-17)26-22(27)14-19(24(26)28)16-5-3-2-4-6-16/h2-13,19H,14H2,1H3/t19-/m1/s1. The number of benzene rings is 3. The molecule has 0 saturated carbocycles. The number of imide groups is 1.